The quantitative estimate of drug-likeness (QED) is 0.402. The minimum Gasteiger partial charge on any atom is -0.440 e. The molecule has 0 amide bonds. The van der Waals surface area contributed by atoms with Crippen LogP contribution in [0.15, 0.2) is 58.8 Å². The first-order chi connectivity index (χ1) is 13.3. The van der Waals surface area contributed by atoms with Crippen LogP contribution in [-0.4, -0.2) is 19.7 Å². The van der Waals surface area contributed by atoms with Crippen LogP contribution in [0.2, 0.25) is 0 Å². The van der Waals surface area contributed by atoms with E-state index in [0.29, 0.717) is 17.6 Å². The summed E-state index contributed by atoms with van der Waals surface area (Å²) in [5.74, 6) is 3.75. The molecule has 1 fully saturated rings. The van der Waals surface area contributed by atoms with Crippen LogP contribution < -0.4 is 0 Å². The molecule has 2 aromatic heterocycles. The normalized spacial score (nSPS) is 15.1. The molecule has 27 heavy (non-hydrogen) atoms. The van der Waals surface area contributed by atoms with Gasteiger partial charge >= 0.3 is 0 Å². The van der Waals surface area contributed by atoms with Crippen molar-refractivity contribution in [2.24, 2.45) is 0 Å². The second-order valence-electron chi connectivity index (χ2n) is 6.85. The van der Waals surface area contributed by atoms with Crippen LogP contribution in [-0.2, 0) is 12.3 Å². The highest BCUT2D eigenvalue weighted by Crippen LogP contribution is 2.34. The van der Waals surface area contributed by atoms with Gasteiger partial charge in [0.05, 0.1) is 11.9 Å². The SMILES string of the molecule is C=CCn1c(SCc2ncc(-c3ccccc3)o2)nnc1C1CCCCC1. The lowest BCUT2D eigenvalue weighted by Crippen LogP contribution is -2.12. The molecule has 140 valence electrons. The molecular weight excluding hydrogens is 356 g/mol. The fourth-order valence-electron chi connectivity index (χ4n) is 3.61. The van der Waals surface area contributed by atoms with Crippen molar-refractivity contribution in [2.45, 2.75) is 55.5 Å². The molecule has 0 N–H and O–H groups in total. The van der Waals surface area contributed by atoms with Crippen LogP contribution in [0, 0.1) is 0 Å². The molecule has 4 rings (SSSR count). The average Bonchev–Trinajstić information content (AvgIpc) is 3.35. The minimum atomic E-state index is 0.520. The van der Waals surface area contributed by atoms with Crippen molar-refractivity contribution in [2.75, 3.05) is 0 Å². The Morgan fingerprint density at radius 1 is 1.15 bits per heavy atom. The highest BCUT2D eigenvalue weighted by molar-refractivity contribution is 7.98. The second-order valence-corrected chi connectivity index (χ2v) is 7.79. The van der Waals surface area contributed by atoms with Gasteiger partial charge in [0.2, 0.25) is 5.89 Å². The molecule has 3 aromatic rings. The van der Waals surface area contributed by atoms with E-state index in [1.165, 1.54) is 32.1 Å². The van der Waals surface area contributed by atoms with Gasteiger partial charge in [0.1, 0.15) is 5.82 Å². The molecular formula is C21H24N4OS. The van der Waals surface area contributed by atoms with Gasteiger partial charge in [0.25, 0.3) is 0 Å². The number of hydrogen-bond donors (Lipinski definition) is 0. The van der Waals surface area contributed by atoms with Crippen molar-refractivity contribution in [3.05, 3.63) is 60.9 Å². The van der Waals surface area contributed by atoms with Gasteiger partial charge in [-0.25, -0.2) is 4.98 Å². The Morgan fingerprint density at radius 3 is 2.74 bits per heavy atom. The lowest BCUT2D eigenvalue weighted by Gasteiger charge is -2.21. The van der Waals surface area contributed by atoms with Crippen LogP contribution in [0.4, 0.5) is 0 Å². The molecule has 2 heterocycles. The molecule has 1 saturated carbocycles. The number of benzene rings is 1. The Morgan fingerprint density at radius 2 is 1.96 bits per heavy atom. The smallest absolute Gasteiger partial charge is 0.205 e. The maximum atomic E-state index is 5.90. The fraction of sp³-hybridized carbons (Fsp3) is 0.381. The van der Waals surface area contributed by atoms with Crippen molar-refractivity contribution in [3.63, 3.8) is 0 Å². The van der Waals surface area contributed by atoms with Gasteiger partial charge in [-0.2, -0.15) is 0 Å². The first-order valence-corrected chi connectivity index (χ1v) is 10.5. The molecule has 0 unspecified atom stereocenters. The van der Waals surface area contributed by atoms with Crippen LogP contribution >= 0.6 is 11.8 Å². The summed E-state index contributed by atoms with van der Waals surface area (Å²) >= 11 is 1.62. The lowest BCUT2D eigenvalue weighted by molar-refractivity contribution is 0.415. The van der Waals surface area contributed by atoms with Crippen LogP contribution in [0.1, 0.15) is 49.7 Å². The summed E-state index contributed by atoms with van der Waals surface area (Å²) in [7, 11) is 0. The standard InChI is InChI=1S/C21H24N4OS/c1-2-13-25-20(17-11-7-4-8-12-17)23-24-21(25)27-15-19-22-14-18(26-19)16-9-5-3-6-10-16/h2-3,5-6,9-10,14,17H,1,4,7-8,11-13,15H2. The summed E-state index contributed by atoms with van der Waals surface area (Å²) in [5, 5.41) is 9.88. The molecule has 0 spiro atoms. The molecule has 5 nitrogen and oxygen atoms in total. The van der Waals surface area contributed by atoms with Crippen LogP contribution in [0.3, 0.4) is 0 Å². The van der Waals surface area contributed by atoms with E-state index in [9.17, 15) is 0 Å². The third kappa shape index (κ3) is 4.16. The third-order valence-electron chi connectivity index (χ3n) is 4.96. The van der Waals surface area contributed by atoms with Crippen LogP contribution in [0.5, 0.6) is 0 Å². The maximum Gasteiger partial charge on any atom is 0.205 e. The number of aromatic nitrogens is 4. The Labute approximate surface area is 163 Å². The van der Waals surface area contributed by atoms with Gasteiger partial charge < -0.3 is 8.98 Å². The molecule has 1 aliphatic carbocycles. The van der Waals surface area contributed by atoms with Crippen molar-refractivity contribution in [1.82, 2.24) is 19.7 Å². The molecule has 0 aliphatic heterocycles. The van der Waals surface area contributed by atoms with Gasteiger partial charge in [-0.15, -0.1) is 16.8 Å². The number of hydrogen-bond acceptors (Lipinski definition) is 5. The summed E-state index contributed by atoms with van der Waals surface area (Å²) in [6.07, 6.45) is 10.0. The summed E-state index contributed by atoms with van der Waals surface area (Å²) in [5.41, 5.74) is 1.04. The van der Waals surface area contributed by atoms with E-state index in [0.717, 1.165) is 28.8 Å². The Balaban J connectivity index is 1.47. The third-order valence-corrected chi connectivity index (χ3v) is 5.92. The minimum absolute atomic E-state index is 0.520. The largest absolute Gasteiger partial charge is 0.440 e. The highest BCUT2D eigenvalue weighted by atomic mass is 32.2. The number of nitrogens with zero attached hydrogens (tertiary/aromatic N) is 4. The Kier molecular flexibility index (Phi) is 5.72. The van der Waals surface area contributed by atoms with E-state index in [2.05, 4.69) is 26.3 Å². The van der Waals surface area contributed by atoms with Gasteiger partial charge in [0, 0.05) is 18.0 Å². The number of rotatable bonds is 7. The first-order valence-electron chi connectivity index (χ1n) is 9.52. The lowest BCUT2D eigenvalue weighted by atomic mass is 9.89. The highest BCUT2D eigenvalue weighted by Gasteiger charge is 2.23. The zero-order valence-electron chi connectivity index (χ0n) is 15.4. The fourth-order valence-corrected chi connectivity index (χ4v) is 4.42. The molecule has 0 radical (unpaired) electrons. The summed E-state index contributed by atoms with van der Waals surface area (Å²) in [6, 6.07) is 10.0. The van der Waals surface area contributed by atoms with E-state index in [4.69, 9.17) is 4.42 Å². The van der Waals surface area contributed by atoms with Gasteiger partial charge in [0.15, 0.2) is 10.9 Å². The average molecular weight is 381 g/mol. The van der Waals surface area contributed by atoms with Gasteiger partial charge in [-0.1, -0.05) is 67.4 Å². The van der Waals surface area contributed by atoms with E-state index in [1.54, 1.807) is 18.0 Å². The van der Waals surface area contributed by atoms with E-state index in [-0.39, 0.29) is 0 Å². The zero-order valence-corrected chi connectivity index (χ0v) is 16.2. The summed E-state index contributed by atoms with van der Waals surface area (Å²) in [4.78, 5) is 4.41. The summed E-state index contributed by atoms with van der Waals surface area (Å²) < 4.78 is 8.11. The van der Waals surface area contributed by atoms with Crippen molar-refractivity contribution < 1.29 is 4.42 Å². The Hall–Kier alpha value is -2.34. The maximum absolute atomic E-state index is 5.90. The summed E-state index contributed by atoms with van der Waals surface area (Å²) in [6.45, 7) is 4.64. The molecule has 1 aliphatic rings. The molecule has 0 atom stereocenters. The first kappa shape index (κ1) is 18.0. The van der Waals surface area contributed by atoms with E-state index < -0.39 is 0 Å². The molecule has 1 aromatic carbocycles. The topological polar surface area (TPSA) is 56.7 Å². The second kappa shape index (κ2) is 8.57. The number of thioether (sulfide) groups is 1. The van der Waals surface area contributed by atoms with Crippen LogP contribution in [0.25, 0.3) is 11.3 Å². The van der Waals surface area contributed by atoms with Crippen molar-refractivity contribution in [1.29, 1.82) is 0 Å². The molecule has 0 saturated heterocycles. The predicted molar refractivity (Wildman–Crippen MR) is 108 cm³/mol. The van der Waals surface area contributed by atoms with Crippen molar-refractivity contribution in [3.8, 4) is 11.3 Å². The zero-order chi connectivity index (χ0) is 18.5. The monoisotopic (exact) mass is 380 g/mol. The van der Waals surface area contributed by atoms with Crippen molar-refractivity contribution >= 4 is 11.8 Å². The van der Waals surface area contributed by atoms with Gasteiger partial charge in [-0.3, -0.25) is 0 Å². The van der Waals surface area contributed by atoms with E-state index in [1.807, 2.05) is 36.4 Å². The Bertz CT molecular complexity index is 881. The molecule has 6 heteroatoms. The predicted octanol–water partition coefficient (Wildman–Crippen LogP) is 5.46. The van der Waals surface area contributed by atoms with Gasteiger partial charge in [-0.05, 0) is 12.8 Å². The van der Waals surface area contributed by atoms with E-state index >= 15 is 0 Å². The number of oxazole rings is 1. The number of allylic oxidation sites excluding steroid dienone is 1. The molecule has 0 bridgehead atoms.